The molecule has 0 aliphatic carbocycles. The Morgan fingerprint density at radius 3 is 2.94 bits per heavy atom. The van der Waals surface area contributed by atoms with Gasteiger partial charge in [0, 0.05) is 25.2 Å². The fourth-order valence-electron chi connectivity index (χ4n) is 2.15. The molecule has 18 heavy (non-hydrogen) atoms. The van der Waals surface area contributed by atoms with Gasteiger partial charge in [0.15, 0.2) is 5.69 Å². The predicted octanol–water partition coefficient (Wildman–Crippen LogP) is 1.06. The van der Waals surface area contributed by atoms with Crippen LogP contribution >= 0.6 is 0 Å². The molecule has 5 nitrogen and oxygen atoms in total. The Kier molecular flexibility index (Phi) is 3.52. The first-order valence-corrected chi connectivity index (χ1v) is 6.07. The van der Waals surface area contributed by atoms with E-state index < -0.39 is 5.97 Å². The molecule has 0 aromatic carbocycles. The van der Waals surface area contributed by atoms with Crippen LogP contribution in [0.5, 0.6) is 0 Å². The van der Waals surface area contributed by atoms with Crippen molar-refractivity contribution in [2.45, 2.75) is 19.4 Å². The van der Waals surface area contributed by atoms with Gasteiger partial charge in [-0.05, 0) is 26.0 Å². The van der Waals surface area contributed by atoms with Crippen LogP contribution < -0.4 is 10.2 Å². The second-order valence-electron chi connectivity index (χ2n) is 5.10. The Labute approximate surface area is 107 Å². The third kappa shape index (κ3) is 2.79. The van der Waals surface area contributed by atoms with Crippen molar-refractivity contribution in [2.75, 3.05) is 31.6 Å². The summed E-state index contributed by atoms with van der Waals surface area (Å²) >= 11 is 0. The Bertz CT molecular complexity index is 446. The molecule has 1 aliphatic heterocycles. The van der Waals surface area contributed by atoms with Crippen molar-refractivity contribution >= 4 is 11.8 Å². The van der Waals surface area contributed by atoms with Gasteiger partial charge in [-0.2, -0.15) is 0 Å². The van der Waals surface area contributed by atoms with E-state index in [1.54, 1.807) is 6.07 Å². The van der Waals surface area contributed by atoms with Gasteiger partial charge in [0.2, 0.25) is 0 Å². The van der Waals surface area contributed by atoms with E-state index >= 15 is 0 Å². The first-order chi connectivity index (χ1) is 8.52. The molecule has 2 heterocycles. The molecular weight excluding hydrogens is 230 g/mol. The molecule has 0 bridgehead atoms. The number of rotatable bonds is 2. The fraction of sp³-hybridized carbons (Fsp3) is 0.538. The molecule has 0 saturated carbocycles. The van der Waals surface area contributed by atoms with Crippen molar-refractivity contribution in [1.82, 2.24) is 10.3 Å². The standard InChI is InChI=1S/C13H19N3O2/c1-13(2)9-16(8-7-14-13)11-6-4-5-10(15-11)12(17)18-3/h4-6,14H,7-9H2,1-3H3. The highest BCUT2D eigenvalue weighted by Crippen LogP contribution is 2.18. The van der Waals surface area contributed by atoms with E-state index in [0.717, 1.165) is 25.5 Å². The molecule has 1 aromatic rings. The molecule has 0 radical (unpaired) electrons. The molecule has 1 fully saturated rings. The number of carbonyl (C=O) groups excluding carboxylic acids is 1. The third-order valence-electron chi connectivity index (χ3n) is 3.02. The van der Waals surface area contributed by atoms with E-state index in [2.05, 4.69) is 33.8 Å². The second-order valence-corrected chi connectivity index (χ2v) is 5.10. The lowest BCUT2D eigenvalue weighted by molar-refractivity contribution is 0.0594. The summed E-state index contributed by atoms with van der Waals surface area (Å²) in [5.41, 5.74) is 0.410. The smallest absolute Gasteiger partial charge is 0.356 e. The maximum absolute atomic E-state index is 11.5. The van der Waals surface area contributed by atoms with E-state index in [0.29, 0.717) is 5.69 Å². The van der Waals surface area contributed by atoms with E-state index in [9.17, 15) is 4.79 Å². The van der Waals surface area contributed by atoms with Crippen LogP contribution in [0.4, 0.5) is 5.82 Å². The number of methoxy groups -OCH3 is 1. The summed E-state index contributed by atoms with van der Waals surface area (Å²) in [6.07, 6.45) is 0. The van der Waals surface area contributed by atoms with Crippen LogP contribution in [0.3, 0.4) is 0 Å². The Morgan fingerprint density at radius 1 is 1.50 bits per heavy atom. The maximum atomic E-state index is 11.5. The van der Waals surface area contributed by atoms with E-state index in [1.807, 2.05) is 12.1 Å². The lowest BCUT2D eigenvalue weighted by Crippen LogP contribution is -2.57. The number of hydrogen-bond donors (Lipinski definition) is 1. The molecular formula is C13H19N3O2. The van der Waals surface area contributed by atoms with Gasteiger partial charge in [-0.15, -0.1) is 0 Å². The summed E-state index contributed by atoms with van der Waals surface area (Å²) < 4.78 is 4.69. The number of carbonyl (C=O) groups is 1. The number of nitrogens with zero attached hydrogens (tertiary/aromatic N) is 2. The highest BCUT2D eigenvalue weighted by atomic mass is 16.5. The summed E-state index contributed by atoms with van der Waals surface area (Å²) in [5, 5.41) is 3.45. The van der Waals surface area contributed by atoms with Gasteiger partial charge >= 0.3 is 5.97 Å². The van der Waals surface area contributed by atoms with Crippen molar-refractivity contribution in [3.8, 4) is 0 Å². The minimum atomic E-state index is -0.397. The van der Waals surface area contributed by atoms with Crippen LogP contribution in [0.1, 0.15) is 24.3 Å². The average Bonchev–Trinajstić information content (AvgIpc) is 2.37. The number of ether oxygens (including phenoxy) is 1. The predicted molar refractivity (Wildman–Crippen MR) is 69.9 cm³/mol. The monoisotopic (exact) mass is 249 g/mol. The number of hydrogen-bond acceptors (Lipinski definition) is 5. The number of piperazine rings is 1. The first kappa shape index (κ1) is 12.8. The van der Waals surface area contributed by atoms with Gasteiger partial charge in [-0.1, -0.05) is 6.07 Å². The lowest BCUT2D eigenvalue weighted by Gasteiger charge is -2.39. The fourth-order valence-corrected chi connectivity index (χ4v) is 2.15. The van der Waals surface area contributed by atoms with Gasteiger partial charge in [0.25, 0.3) is 0 Å². The van der Waals surface area contributed by atoms with Crippen LogP contribution in [-0.4, -0.2) is 43.2 Å². The van der Waals surface area contributed by atoms with Gasteiger partial charge in [-0.25, -0.2) is 9.78 Å². The van der Waals surface area contributed by atoms with Crippen LogP contribution in [0.15, 0.2) is 18.2 Å². The van der Waals surface area contributed by atoms with Gasteiger partial charge < -0.3 is 15.0 Å². The van der Waals surface area contributed by atoms with Crippen molar-refractivity contribution in [2.24, 2.45) is 0 Å². The maximum Gasteiger partial charge on any atom is 0.356 e. The van der Waals surface area contributed by atoms with Crippen LogP contribution in [0.25, 0.3) is 0 Å². The van der Waals surface area contributed by atoms with Crippen molar-refractivity contribution in [3.05, 3.63) is 23.9 Å². The number of nitrogens with one attached hydrogen (secondary N) is 1. The molecule has 1 N–H and O–H groups in total. The molecule has 0 unspecified atom stereocenters. The van der Waals surface area contributed by atoms with Gasteiger partial charge in [0.05, 0.1) is 7.11 Å². The summed E-state index contributed by atoms with van der Waals surface area (Å²) in [6.45, 7) is 6.98. The SMILES string of the molecule is COC(=O)c1cccc(N2CCNC(C)(C)C2)n1. The Hall–Kier alpha value is -1.62. The van der Waals surface area contributed by atoms with E-state index in [4.69, 9.17) is 0 Å². The molecule has 0 spiro atoms. The lowest BCUT2D eigenvalue weighted by atomic mass is 10.0. The third-order valence-corrected chi connectivity index (χ3v) is 3.02. The summed E-state index contributed by atoms with van der Waals surface area (Å²) in [5.74, 6) is 0.429. The first-order valence-electron chi connectivity index (χ1n) is 6.07. The summed E-state index contributed by atoms with van der Waals surface area (Å²) in [6, 6.07) is 5.43. The van der Waals surface area contributed by atoms with Gasteiger partial charge in [-0.3, -0.25) is 0 Å². The minimum absolute atomic E-state index is 0.0567. The molecule has 0 amide bonds. The average molecular weight is 249 g/mol. The number of esters is 1. The van der Waals surface area contributed by atoms with Crippen LogP contribution in [0, 0.1) is 0 Å². The topological polar surface area (TPSA) is 54.5 Å². The van der Waals surface area contributed by atoms with Crippen LogP contribution in [-0.2, 0) is 4.74 Å². The van der Waals surface area contributed by atoms with E-state index in [1.165, 1.54) is 7.11 Å². The van der Waals surface area contributed by atoms with Crippen molar-refractivity contribution < 1.29 is 9.53 Å². The highest BCUT2D eigenvalue weighted by Gasteiger charge is 2.26. The normalized spacial score (nSPS) is 18.5. The zero-order valence-electron chi connectivity index (χ0n) is 11.1. The minimum Gasteiger partial charge on any atom is -0.464 e. The number of anilines is 1. The van der Waals surface area contributed by atoms with Crippen LogP contribution in [0.2, 0.25) is 0 Å². The zero-order chi connectivity index (χ0) is 13.2. The molecule has 0 atom stereocenters. The largest absolute Gasteiger partial charge is 0.464 e. The van der Waals surface area contributed by atoms with E-state index in [-0.39, 0.29) is 5.54 Å². The summed E-state index contributed by atoms with van der Waals surface area (Å²) in [7, 11) is 1.37. The quantitative estimate of drug-likeness (QED) is 0.794. The molecule has 5 heteroatoms. The Balaban J connectivity index is 2.20. The molecule has 2 rings (SSSR count). The second kappa shape index (κ2) is 4.94. The number of pyridine rings is 1. The number of aromatic nitrogens is 1. The zero-order valence-corrected chi connectivity index (χ0v) is 11.1. The molecule has 98 valence electrons. The molecule has 1 aliphatic rings. The van der Waals surface area contributed by atoms with Gasteiger partial charge in [0.1, 0.15) is 5.82 Å². The highest BCUT2D eigenvalue weighted by molar-refractivity contribution is 5.87. The molecule has 1 saturated heterocycles. The van der Waals surface area contributed by atoms with Crippen molar-refractivity contribution in [1.29, 1.82) is 0 Å². The summed E-state index contributed by atoms with van der Waals surface area (Å²) in [4.78, 5) is 18.0. The molecule has 1 aromatic heterocycles. The Morgan fingerprint density at radius 2 is 2.28 bits per heavy atom. The van der Waals surface area contributed by atoms with Crippen molar-refractivity contribution in [3.63, 3.8) is 0 Å².